The fraction of sp³-hybridized carbons (Fsp3) is 0.421. The van der Waals surface area contributed by atoms with Gasteiger partial charge in [0, 0.05) is 6.54 Å². The number of nitrogens with zero attached hydrogens (tertiary/aromatic N) is 1. The Hall–Kier alpha value is -1.91. The third-order valence-corrected chi connectivity index (χ3v) is 4.80. The van der Waals surface area contributed by atoms with E-state index in [1.807, 2.05) is 0 Å². The number of esters is 1. The monoisotopic (exact) mass is 313 g/mol. The summed E-state index contributed by atoms with van der Waals surface area (Å²) >= 11 is 0. The number of ether oxygens (including phenoxy) is 1. The lowest BCUT2D eigenvalue weighted by Crippen LogP contribution is -2.40. The third-order valence-electron chi connectivity index (χ3n) is 4.80. The number of likely N-dealkylation sites (tertiary alicyclic amines) is 1. The number of hydrogen-bond acceptors (Lipinski definition) is 4. The van der Waals surface area contributed by atoms with Gasteiger partial charge in [0.2, 0.25) is 0 Å². The van der Waals surface area contributed by atoms with Gasteiger partial charge in [0.1, 0.15) is 0 Å². The topological polar surface area (TPSA) is 49.8 Å². The van der Waals surface area contributed by atoms with E-state index in [9.17, 15) is 9.90 Å². The number of rotatable bonds is 4. The fourth-order valence-electron chi connectivity index (χ4n) is 3.41. The highest BCUT2D eigenvalue weighted by molar-refractivity contribution is 5.85. The van der Waals surface area contributed by atoms with Gasteiger partial charge in [0.05, 0.1) is 7.11 Å². The van der Waals surface area contributed by atoms with Crippen LogP contribution in [0.1, 0.15) is 18.4 Å². The summed E-state index contributed by atoms with van der Waals surface area (Å²) < 4.78 is 4.63. The molecule has 1 unspecified atom stereocenters. The van der Waals surface area contributed by atoms with Crippen LogP contribution in [0.15, 0.2) is 42.5 Å². The summed E-state index contributed by atoms with van der Waals surface area (Å²) in [5.41, 5.74) is 1.33. The first kappa shape index (κ1) is 16.0. The summed E-state index contributed by atoms with van der Waals surface area (Å²) in [5, 5.41) is 12.5. The van der Waals surface area contributed by atoms with Crippen molar-refractivity contribution in [2.24, 2.45) is 5.92 Å². The molecule has 23 heavy (non-hydrogen) atoms. The molecule has 1 aliphatic heterocycles. The molecule has 122 valence electrons. The van der Waals surface area contributed by atoms with Gasteiger partial charge >= 0.3 is 5.97 Å². The van der Waals surface area contributed by atoms with Crippen molar-refractivity contribution in [3.63, 3.8) is 0 Å². The summed E-state index contributed by atoms with van der Waals surface area (Å²) in [4.78, 5) is 13.8. The molecule has 0 saturated carbocycles. The molecule has 1 aliphatic rings. The summed E-state index contributed by atoms with van der Waals surface area (Å²) in [6, 6.07) is 14.9. The number of aliphatic hydroxyl groups excluding tert-OH is 1. The van der Waals surface area contributed by atoms with Crippen molar-refractivity contribution < 1.29 is 14.6 Å². The minimum absolute atomic E-state index is 0.00576. The summed E-state index contributed by atoms with van der Waals surface area (Å²) in [6.07, 6.45) is 0.655. The Bertz CT molecular complexity index is 672. The van der Waals surface area contributed by atoms with Crippen molar-refractivity contribution in [2.75, 3.05) is 20.2 Å². The van der Waals surface area contributed by atoms with Gasteiger partial charge < -0.3 is 9.84 Å². The smallest absolute Gasteiger partial charge is 0.334 e. The molecule has 3 rings (SSSR count). The highest BCUT2D eigenvalue weighted by Crippen LogP contribution is 2.25. The van der Waals surface area contributed by atoms with Gasteiger partial charge in [-0.15, -0.1) is 0 Å². The van der Waals surface area contributed by atoms with E-state index in [0.717, 1.165) is 32.5 Å². The Labute approximate surface area is 136 Å². The van der Waals surface area contributed by atoms with E-state index < -0.39 is 12.1 Å². The summed E-state index contributed by atoms with van der Waals surface area (Å²) in [5.74, 6) is -0.510. The second-order valence-corrected chi connectivity index (χ2v) is 6.22. The Morgan fingerprint density at radius 3 is 2.65 bits per heavy atom. The highest BCUT2D eigenvalue weighted by atomic mass is 16.5. The summed E-state index contributed by atoms with van der Waals surface area (Å²) in [6.45, 7) is 2.69. The molecule has 4 nitrogen and oxygen atoms in total. The molecular formula is C19H23NO3. The number of fused-ring (bicyclic) bond motifs is 1. The standard InChI is InChI=1S/C19H23NO3/c1-23-19(22)18(21)15-9-11-20(12-10-15)13-16-7-4-6-14-5-2-3-8-17(14)16/h2-8,15,18,21H,9-13H2,1H3. The second kappa shape index (κ2) is 7.11. The van der Waals surface area contributed by atoms with E-state index in [1.54, 1.807) is 0 Å². The van der Waals surface area contributed by atoms with Gasteiger partial charge in [-0.05, 0) is 48.2 Å². The maximum atomic E-state index is 11.4. The molecule has 0 aliphatic carbocycles. The largest absolute Gasteiger partial charge is 0.467 e. The predicted molar refractivity (Wildman–Crippen MR) is 90.0 cm³/mol. The molecule has 1 atom stereocenters. The molecule has 1 fully saturated rings. The number of piperidine rings is 1. The zero-order chi connectivity index (χ0) is 16.2. The molecule has 0 spiro atoms. The van der Waals surface area contributed by atoms with Crippen molar-refractivity contribution in [2.45, 2.75) is 25.5 Å². The molecule has 0 aromatic heterocycles. The van der Waals surface area contributed by atoms with Crippen molar-refractivity contribution in [1.29, 1.82) is 0 Å². The van der Waals surface area contributed by atoms with E-state index in [4.69, 9.17) is 0 Å². The zero-order valence-electron chi connectivity index (χ0n) is 13.4. The van der Waals surface area contributed by atoms with Crippen LogP contribution in [-0.4, -0.2) is 42.3 Å². The van der Waals surface area contributed by atoms with Gasteiger partial charge in [-0.25, -0.2) is 4.79 Å². The number of aliphatic hydroxyl groups is 1. The Kier molecular flexibility index (Phi) is 4.94. The zero-order valence-corrected chi connectivity index (χ0v) is 13.4. The van der Waals surface area contributed by atoms with Crippen LogP contribution >= 0.6 is 0 Å². The third kappa shape index (κ3) is 3.54. The number of carbonyl (C=O) groups excluding carboxylic acids is 1. The molecule has 0 radical (unpaired) electrons. The molecule has 0 bridgehead atoms. The van der Waals surface area contributed by atoms with Crippen molar-refractivity contribution in [1.82, 2.24) is 4.90 Å². The van der Waals surface area contributed by atoms with Crippen LogP contribution in [0.4, 0.5) is 0 Å². The molecule has 1 saturated heterocycles. The summed E-state index contributed by atoms with van der Waals surface area (Å²) in [7, 11) is 1.32. The average Bonchev–Trinajstić information content (AvgIpc) is 2.61. The fourth-order valence-corrected chi connectivity index (χ4v) is 3.41. The first-order valence-electron chi connectivity index (χ1n) is 8.14. The number of hydrogen-bond donors (Lipinski definition) is 1. The molecule has 1 heterocycles. The van der Waals surface area contributed by atoms with Gasteiger partial charge in [0.15, 0.2) is 6.10 Å². The van der Waals surface area contributed by atoms with Crippen LogP contribution < -0.4 is 0 Å². The lowest BCUT2D eigenvalue weighted by Gasteiger charge is -2.33. The SMILES string of the molecule is COC(=O)C(O)C1CCN(Cc2cccc3ccccc23)CC1. The molecule has 1 N–H and O–H groups in total. The first-order valence-corrected chi connectivity index (χ1v) is 8.14. The number of benzene rings is 2. The van der Waals surface area contributed by atoms with Crippen molar-refractivity contribution in [3.8, 4) is 0 Å². The highest BCUT2D eigenvalue weighted by Gasteiger charge is 2.30. The van der Waals surface area contributed by atoms with Gasteiger partial charge in [-0.1, -0.05) is 42.5 Å². The van der Waals surface area contributed by atoms with E-state index in [0.29, 0.717) is 0 Å². The quantitative estimate of drug-likeness (QED) is 0.882. The molecule has 2 aromatic rings. The lowest BCUT2D eigenvalue weighted by atomic mass is 9.91. The molecule has 2 aromatic carbocycles. The number of carbonyl (C=O) groups is 1. The van der Waals surface area contributed by atoms with Crippen LogP contribution in [0.2, 0.25) is 0 Å². The lowest BCUT2D eigenvalue weighted by molar-refractivity contribution is -0.154. The van der Waals surface area contributed by atoms with Gasteiger partial charge in [-0.2, -0.15) is 0 Å². The van der Waals surface area contributed by atoms with E-state index in [-0.39, 0.29) is 5.92 Å². The van der Waals surface area contributed by atoms with Crippen LogP contribution in [-0.2, 0) is 16.1 Å². The molecule has 0 amide bonds. The average molecular weight is 313 g/mol. The van der Waals surface area contributed by atoms with Crippen molar-refractivity contribution >= 4 is 16.7 Å². The van der Waals surface area contributed by atoms with E-state index in [2.05, 4.69) is 52.1 Å². The van der Waals surface area contributed by atoms with Crippen LogP contribution in [0.25, 0.3) is 10.8 Å². The van der Waals surface area contributed by atoms with Crippen molar-refractivity contribution in [3.05, 3.63) is 48.0 Å². The number of methoxy groups -OCH3 is 1. The second-order valence-electron chi connectivity index (χ2n) is 6.22. The van der Waals surface area contributed by atoms with Crippen LogP contribution in [0.3, 0.4) is 0 Å². The molecular weight excluding hydrogens is 290 g/mol. The molecule has 4 heteroatoms. The normalized spacial score (nSPS) is 18.0. The minimum atomic E-state index is -0.986. The van der Waals surface area contributed by atoms with Gasteiger partial charge in [0.25, 0.3) is 0 Å². The Morgan fingerprint density at radius 2 is 1.91 bits per heavy atom. The predicted octanol–water partition coefficient (Wildman–Crippen LogP) is 2.59. The maximum absolute atomic E-state index is 11.4. The Morgan fingerprint density at radius 1 is 1.22 bits per heavy atom. The first-order chi connectivity index (χ1) is 11.2. The van der Waals surface area contributed by atoms with Crippen LogP contribution in [0.5, 0.6) is 0 Å². The minimum Gasteiger partial charge on any atom is -0.467 e. The van der Waals surface area contributed by atoms with Gasteiger partial charge in [-0.3, -0.25) is 4.90 Å². The van der Waals surface area contributed by atoms with E-state index in [1.165, 1.54) is 23.4 Å². The Balaban J connectivity index is 1.63. The van der Waals surface area contributed by atoms with E-state index >= 15 is 0 Å². The van der Waals surface area contributed by atoms with Crippen LogP contribution in [0, 0.1) is 5.92 Å². The maximum Gasteiger partial charge on any atom is 0.334 e.